The fourth-order valence-corrected chi connectivity index (χ4v) is 3.06. The third-order valence-electron chi connectivity index (χ3n) is 3.92. The minimum Gasteiger partial charge on any atom is -0.548 e. The molecule has 19 heavy (non-hydrogen) atoms. The Morgan fingerprint density at radius 3 is 2.84 bits per heavy atom. The summed E-state index contributed by atoms with van der Waals surface area (Å²) in [6, 6.07) is 4.46. The minimum atomic E-state index is -1.15. The van der Waals surface area contributed by atoms with Crippen LogP contribution in [0.1, 0.15) is 28.3 Å². The number of primary amides is 1. The van der Waals surface area contributed by atoms with Crippen LogP contribution in [0.4, 0.5) is 5.69 Å². The van der Waals surface area contributed by atoms with E-state index in [1.165, 1.54) is 0 Å². The summed E-state index contributed by atoms with van der Waals surface area (Å²) in [7, 11) is 0. The van der Waals surface area contributed by atoms with Crippen LogP contribution < -0.4 is 16.2 Å². The highest BCUT2D eigenvalue weighted by Gasteiger charge is 2.38. The van der Waals surface area contributed by atoms with E-state index in [1.807, 2.05) is 18.2 Å². The Morgan fingerprint density at radius 1 is 1.37 bits per heavy atom. The van der Waals surface area contributed by atoms with Gasteiger partial charge in [-0.3, -0.25) is 4.79 Å². The molecule has 1 aliphatic carbocycles. The number of allylic oxidation sites excluding steroid dienone is 2. The predicted octanol–water partition coefficient (Wildman–Crippen LogP) is -0.0108. The van der Waals surface area contributed by atoms with Crippen LogP contribution in [0, 0.1) is 5.92 Å². The number of fused-ring (bicyclic) bond motifs is 3. The molecule has 1 aromatic rings. The number of anilines is 1. The molecule has 0 spiro atoms. The van der Waals surface area contributed by atoms with Crippen molar-refractivity contribution in [1.29, 1.82) is 0 Å². The first-order chi connectivity index (χ1) is 9.09. The molecule has 3 atom stereocenters. The number of nitrogens with one attached hydrogen (secondary N) is 1. The van der Waals surface area contributed by atoms with Gasteiger partial charge in [0.05, 0.1) is 23.3 Å². The van der Waals surface area contributed by atoms with Gasteiger partial charge in [0, 0.05) is 5.92 Å². The summed E-state index contributed by atoms with van der Waals surface area (Å²) < 4.78 is 0. The van der Waals surface area contributed by atoms with Crippen molar-refractivity contribution in [2.75, 3.05) is 5.32 Å². The van der Waals surface area contributed by atoms with Gasteiger partial charge in [-0.05, 0) is 24.0 Å². The van der Waals surface area contributed by atoms with Gasteiger partial charge in [-0.15, -0.1) is 0 Å². The van der Waals surface area contributed by atoms with Gasteiger partial charge in [0.1, 0.15) is 0 Å². The Balaban J connectivity index is 2.15. The van der Waals surface area contributed by atoms with E-state index in [0.717, 1.165) is 5.56 Å². The lowest BCUT2D eigenvalue weighted by Gasteiger charge is -2.38. The summed E-state index contributed by atoms with van der Waals surface area (Å²) in [6.45, 7) is 0. The lowest BCUT2D eigenvalue weighted by atomic mass is 9.78. The summed E-state index contributed by atoms with van der Waals surface area (Å²) in [5.41, 5.74) is 7.11. The van der Waals surface area contributed by atoms with E-state index in [1.54, 1.807) is 12.1 Å². The number of hydrogen-bond acceptors (Lipinski definition) is 4. The van der Waals surface area contributed by atoms with Gasteiger partial charge in [0.15, 0.2) is 0 Å². The molecule has 0 unspecified atom stereocenters. The third kappa shape index (κ3) is 1.69. The summed E-state index contributed by atoms with van der Waals surface area (Å²) in [4.78, 5) is 22.7. The highest BCUT2D eigenvalue weighted by molar-refractivity contribution is 6.00. The van der Waals surface area contributed by atoms with Gasteiger partial charge in [0.2, 0.25) is 0 Å². The van der Waals surface area contributed by atoms with Crippen LogP contribution in [0.2, 0.25) is 0 Å². The van der Waals surface area contributed by atoms with Crippen LogP contribution in [0.5, 0.6) is 0 Å². The zero-order valence-electron chi connectivity index (χ0n) is 10.1. The van der Waals surface area contributed by atoms with Gasteiger partial charge in [-0.2, -0.15) is 0 Å². The molecule has 3 N–H and O–H groups in total. The number of carboxylic acid groups (broad SMARTS) is 1. The number of rotatable bonds is 2. The Hall–Kier alpha value is -2.30. The summed E-state index contributed by atoms with van der Waals surface area (Å²) in [5.74, 6) is -1.79. The van der Waals surface area contributed by atoms with E-state index in [0.29, 0.717) is 17.7 Å². The zero-order chi connectivity index (χ0) is 13.6. The molecule has 2 aliphatic rings. The maximum absolute atomic E-state index is 11.4. The predicted molar refractivity (Wildman–Crippen MR) is 67.4 cm³/mol. The fraction of sp³-hybridized carbons (Fsp3) is 0.286. The molecule has 1 aliphatic heterocycles. The van der Waals surface area contributed by atoms with E-state index in [2.05, 4.69) is 5.32 Å². The second kappa shape index (κ2) is 4.12. The van der Waals surface area contributed by atoms with Gasteiger partial charge in [-0.1, -0.05) is 24.3 Å². The highest BCUT2D eigenvalue weighted by atomic mass is 16.4. The van der Waals surface area contributed by atoms with Crippen LogP contribution in [-0.4, -0.2) is 17.9 Å². The summed E-state index contributed by atoms with van der Waals surface area (Å²) in [5, 5.41) is 14.2. The number of hydrogen-bond donors (Lipinski definition) is 2. The van der Waals surface area contributed by atoms with Gasteiger partial charge < -0.3 is 21.0 Å². The maximum Gasteiger partial charge on any atom is 0.250 e. The van der Waals surface area contributed by atoms with E-state index in [-0.39, 0.29) is 11.8 Å². The molecule has 1 heterocycles. The zero-order valence-corrected chi connectivity index (χ0v) is 10.1. The Kier molecular flexibility index (Phi) is 2.55. The van der Waals surface area contributed by atoms with Crippen molar-refractivity contribution in [2.24, 2.45) is 11.7 Å². The molecule has 1 amide bonds. The summed E-state index contributed by atoms with van der Waals surface area (Å²) >= 11 is 0. The molecule has 5 nitrogen and oxygen atoms in total. The molecule has 5 heteroatoms. The molecule has 0 fully saturated rings. The molecule has 0 saturated carbocycles. The third-order valence-corrected chi connectivity index (χ3v) is 3.92. The molecule has 0 radical (unpaired) electrons. The number of amides is 1. The van der Waals surface area contributed by atoms with Crippen LogP contribution in [0.3, 0.4) is 0 Å². The average Bonchev–Trinajstić information content (AvgIpc) is 2.85. The maximum atomic E-state index is 11.4. The van der Waals surface area contributed by atoms with Crippen molar-refractivity contribution < 1.29 is 14.7 Å². The van der Waals surface area contributed by atoms with Gasteiger partial charge in [0.25, 0.3) is 5.91 Å². The topological polar surface area (TPSA) is 95.2 Å². The SMILES string of the molecule is NC(=O)c1cccc2c1N[C@H](C(=O)[O-])[C@H]1CC=C[C@@H]21. The standard InChI is InChI=1S/C14H14N2O3/c15-13(17)10-6-2-4-8-7-3-1-5-9(7)12(14(18)19)16-11(8)10/h1-4,6-7,9,12,16H,5H2,(H2,15,17)(H,18,19)/p-1/t7-,9-,12-/m0/s1. The Bertz CT molecular complexity index is 594. The monoisotopic (exact) mass is 257 g/mol. The van der Waals surface area contributed by atoms with Crippen molar-refractivity contribution >= 4 is 17.6 Å². The fourth-order valence-electron chi connectivity index (χ4n) is 3.06. The first-order valence-electron chi connectivity index (χ1n) is 6.16. The van der Waals surface area contributed by atoms with E-state index < -0.39 is 17.9 Å². The number of nitrogens with two attached hydrogens (primary N) is 1. The number of benzene rings is 1. The van der Waals surface area contributed by atoms with Crippen LogP contribution in [0.15, 0.2) is 30.4 Å². The number of carbonyl (C=O) groups is 2. The highest BCUT2D eigenvalue weighted by Crippen LogP contribution is 2.45. The summed E-state index contributed by atoms with van der Waals surface area (Å²) in [6.07, 6.45) is 4.65. The van der Waals surface area contributed by atoms with Gasteiger partial charge in [-0.25, -0.2) is 0 Å². The smallest absolute Gasteiger partial charge is 0.250 e. The van der Waals surface area contributed by atoms with Crippen molar-refractivity contribution in [3.63, 3.8) is 0 Å². The molecule has 0 aromatic heterocycles. The molecule has 0 bridgehead atoms. The number of para-hydroxylation sites is 1. The molecular weight excluding hydrogens is 244 g/mol. The Morgan fingerprint density at radius 2 is 2.16 bits per heavy atom. The van der Waals surface area contributed by atoms with Crippen LogP contribution >= 0.6 is 0 Å². The minimum absolute atomic E-state index is 0.00144. The normalized spacial score (nSPS) is 27.3. The lowest BCUT2D eigenvalue weighted by molar-refractivity contribution is -0.308. The Labute approximate surface area is 110 Å². The first kappa shape index (κ1) is 11.8. The number of aliphatic carboxylic acids is 1. The van der Waals surface area contributed by atoms with Gasteiger partial charge >= 0.3 is 0 Å². The first-order valence-corrected chi connectivity index (χ1v) is 6.16. The average molecular weight is 257 g/mol. The van der Waals surface area contributed by atoms with E-state index in [4.69, 9.17) is 5.73 Å². The molecule has 3 rings (SSSR count). The van der Waals surface area contributed by atoms with E-state index >= 15 is 0 Å². The van der Waals surface area contributed by atoms with Crippen molar-refractivity contribution in [1.82, 2.24) is 0 Å². The largest absolute Gasteiger partial charge is 0.548 e. The number of carbonyl (C=O) groups excluding carboxylic acids is 2. The molecule has 1 aromatic carbocycles. The van der Waals surface area contributed by atoms with E-state index in [9.17, 15) is 14.7 Å². The van der Waals surface area contributed by atoms with Crippen LogP contribution in [-0.2, 0) is 4.79 Å². The molecule has 0 saturated heterocycles. The molecular formula is C14H13N2O3-. The number of carboxylic acids is 1. The second-order valence-electron chi connectivity index (χ2n) is 4.93. The quantitative estimate of drug-likeness (QED) is 0.728. The van der Waals surface area contributed by atoms with Crippen molar-refractivity contribution in [3.05, 3.63) is 41.5 Å². The molecule has 98 valence electrons. The van der Waals surface area contributed by atoms with Crippen LogP contribution in [0.25, 0.3) is 0 Å². The van der Waals surface area contributed by atoms with Crippen molar-refractivity contribution in [3.8, 4) is 0 Å². The second-order valence-corrected chi connectivity index (χ2v) is 4.93. The van der Waals surface area contributed by atoms with Crippen molar-refractivity contribution in [2.45, 2.75) is 18.4 Å². The lowest BCUT2D eigenvalue weighted by Crippen LogP contribution is -2.49.